The lowest BCUT2D eigenvalue weighted by molar-refractivity contribution is 0.0924. The summed E-state index contributed by atoms with van der Waals surface area (Å²) in [6, 6.07) is 13.7. The molecular weight excluding hydrogens is 328 g/mol. The standard InChI is InChI=1S/C21H26N2O3/c1-4-9-22-19-7-5-6-8-20(19)23(21(22)25)13-17(24)14-26-18-11-15(2)10-16(3)12-18/h5-8,10-12,17,24H,4,9,13-14H2,1-3H3. The van der Waals surface area contributed by atoms with Crippen LogP contribution in [0.25, 0.3) is 11.0 Å². The number of ether oxygens (including phenoxy) is 1. The zero-order valence-electron chi connectivity index (χ0n) is 15.6. The third-order valence-electron chi connectivity index (χ3n) is 4.40. The number of nitrogens with zero attached hydrogens (tertiary/aromatic N) is 2. The molecule has 1 N–H and O–H groups in total. The quantitative estimate of drug-likeness (QED) is 0.708. The van der Waals surface area contributed by atoms with Gasteiger partial charge in [0.15, 0.2) is 0 Å². The highest BCUT2D eigenvalue weighted by Gasteiger charge is 2.16. The number of hydrogen-bond donors (Lipinski definition) is 1. The number of hydrogen-bond acceptors (Lipinski definition) is 3. The summed E-state index contributed by atoms with van der Waals surface area (Å²) in [6.07, 6.45) is 0.112. The highest BCUT2D eigenvalue weighted by molar-refractivity contribution is 5.76. The van der Waals surface area contributed by atoms with Crippen molar-refractivity contribution < 1.29 is 9.84 Å². The summed E-state index contributed by atoms with van der Waals surface area (Å²) in [5.41, 5.74) is 3.90. The Labute approximate surface area is 153 Å². The van der Waals surface area contributed by atoms with Gasteiger partial charge >= 0.3 is 5.69 Å². The average molecular weight is 354 g/mol. The zero-order chi connectivity index (χ0) is 18.7. The van der Waals surface area contributed by atoms with Crippen LogP contribution in [-0.4, -0.2) is 27.0 Å². The molecule has 26 heavy (non-hydrogen) atoms. The summed E-state index contributed by atoms with van der Waals surface area (Å²) in [7, 11) is 0. The number of aryl methyl sites for hydroxylation is 3. The monoisotopic (exact) mass is 354 g/mol. The van der Waals surface area contributed by atoms with Gasteiger partial charge in [0.1, 0.15) is 18.5 Å². The fourth-order valence-corrected chi connectivity index (χ4v) is 3.36. The van der Waals surface area contributed by atoms with E-state index in [-0.39, 0.29) is 18.8 Å². The van der Waals surface area contributed by atoms with E-state index in [1.807, 2.05) is 57.2 Å². The Morgan fingerprint density at radius 1 is 1.04 bits per heavy atom. The second-order valence-corrected chi connectivity index (χ2v) is 6.82. The van der Waals surface area contributed by atoms with E-state index in [2.05, 4.69) is 6.07 Å². The van der Waals surface area contributed by atoms with E-state index in [4.69, 9.17) is 4.74 Å². The molecule has 0 amide bonds. The number of imidazole rings is 1. The molecule has 0 radical (unpaired) electrons. The molecule has 0 aliphatic carbocycles. The number of benzene rings is 2. The van der Waals surface area contributed by atoms with Crippen molar-refractivity contribution in [3.63, 3.8) is 0 Å². The van der Waals surface area contributed by atoms with E-state index in [0.717, 1.165) is 34.3 Å². The Kier molecular flexibility index (Phi) is 5.47. The highest BCUT2D eigenvalue weighted by atomic mass is 16.5. The fourth-order valence-electron chi connectivity index (χ4n) is 3.36. The predicted octanol–water partition coefficient (Wildman–Crippen LogP) is 3.27. The van der Waals surface area contributed by atoms with Crippen LogP contribution in [0.5, 0.6) is 5.75 Å². The molecule has 0 spiro atoms. The minimum absolute atomic E-state index is 0.0847. The first-order valence-electron chi connectivity index (χ1n) is 9.07. The van der Waals surface area contributed by atoms with Crippen LogP contribution in [0.4, 0.5) is 0 Å². The maximum atomic E-state index is 12.8. The summed E-state index contributed by atoms with van der Waals surface area (Å²) in [6.45, 7) is 7.09. The van der Waals surface area contributed by atoms with Crippen molar-refractivity contribution in [1.82, 2.24) is 9.13 Å². The predicted molar refractivity (Wildman–Crippen MR) is 104 cm³/mol. The van der Waals surface area contributed by atoms with Gasteiger partial charge in [-0.05, 0) is 55.7 Å². The van der Waals surface area contributed by atoms with Crippen LogP contribution >= 0.6 is 0 Å². The van der Waals surface area contributed by atoms with E-state index >= 15 is 0 Å². The third kappa shape index (κ3) is 3.83. The third-order valence-corrected chi connectivity index (χ3v) is 4.40. The van der Waals surface area contributed by atoms with Gasteiger partial charge in [-0.1, -0.05) is 25.1 Å². The van der Waals surface area contributed by atoms with Gasteiger partial charge in [0, 0.05) is 6.54 Å². The number of aromatic nitrogens is 2. The Bertz CT molecular complexity index is 935. The molecule has 3 rings (SSSR count). The van der Waals surface area contributed by atoms with Crippen molar-refractivity contribution in [3.8, 4) is 5.75 Å². The normalized spacial score (nSPS) is 12.5. The van der Waals surface area contributed by atoms with Crippen molar-refractivity contribution in [3.05, 3.63) is 64.1 Å². The molecule has 3 aromatic rings. The maximum Gasteiger partial charge on any atom is 0.329 e. The first kappa shape index (κ1) is 18.3. The smallest absolute Gasteiger partial charge is 0.329 e. The molecule has 5 heteroatoms. The lowest BCUT2D eigenvalue weighted by Crippen LogP contribution is -2.31. The molecule has 0 saturated carbocycles. The summed E-state index contributed by atoms with van der Waals surface area (Å²) >= 11 is 0. The Hall–Kier alpha value is -2.53. The minimum Gasteiger partial charge on any atom is -0.491 e. The minimum atomic E-state index is -0.769. The molecule has 1 aromatic heterocycles. The first-order chi connectivity index (χ1) is 12.5. The lowest BCUT2D eigenvalue weighted by Gasteiger charge is -2.14. The van der Waals surface area contributed by atoms with Crippen molar-refractivity contribution in [2.75, 3.05) is 6.61 Å². The number of fused-ring (bicyclic) bond motifs is 1. The first-order valence-corrected chi connectivity index (χ1v) is 9.07. The Balaban J connectivity index is 1.78. The summed E-state index contributed by atoms with van der Waals surface area (Å²) < 4.78 is 9.15. The van der Waals surface area contributed by atoms with Gasteiger partial charge in [-0.15, -0.1) is 0 Å². The number of rotatable bonds is 7. The van der Waals surface area contributed by atoms with Crippen molar-refractivity contribution in [1.29, 1.82) is 0 Å². The van der Waals surface area contributed by atoms with E-state index in [0.29, 0.717) is 6.54 Å². The van der Waals surface area contributed by atoms with Crippen LogP contribution < -0.4 is 10.4 Å². The second-order valence-electron chi connectivity index (χ2n) is 6.82. The van der Waals surface area contributed by atoms with Crippen LogP contribution in [0.2, 0.25) is 0 Å². The molecule has 1 atom stereocenters. The molecule has 1 heterocycles. The van der Waals surface area contributed by atoms with Crippen LogP contribution in [0.3, 0.4) is 0 Å². The van der Waals surface area contributed by atoms with Crippen LogP contribution in [0.1, 0.15) is 24.5 Å². The number of aliphatic hydroxyl groups excluding tert-OH is 1. The maximum absolute atomic E-state index is 12.8. The molecule has 5 nitrogen and oxygen atoms in total. The largest absolute Gasteiger partial charge is 0.491 e. The molecular formula is C21H26N2O3. The van der Waals surface area contributed by atoms with Gasteiger partial charge in [0.05, 0.1) is 17.6 Å². The highest BCUT2D eigenvalue weighted by Crippen LogP contribution is 2.17. The number of aliphatic hydroxyl groups is 1. The summed E-state index contributed by atoms with van der Waals surface area (Å²) in [4.78, 5) is 12.8. The van der Waals surface area contributed by atoms with Crippen LogP contribution in [0, 0.1) is 13.8 Å². The SMILES string of the molecule is CCCn1c(=O)n(CC(O)COc2cc(C)cc(C)c2)c2ccccc21. The zero-order valence-corrected chi connectivity index (χ0v) is 15.6. The Morgan fingerprint density at radius 2 is 1.65 bits per heavy atom. The van der Waals surface area contributed by atoms with Crippen LogP contribution in [0.15, 0.2) is 47.3 Å². The molecule has 1 unspecified atom stereocenters. The van der Waals surface area contributed by atoms with Gasteiger partial charge in [0.2, 0.25) is 0 Å². The average Bonchev–Trinajstić information content (AvgIpc) is 2.86. The summed E-state index contributed by atoms with van der Waals surface area (Å²) in [5.74, 6) is 0.738. The van der Waals surface area contributed by atoms with Crippen LogP contribution in [-0.2, 0) is 13.1 Å². The van der Waals surface area contributed by atoms with E-state index < -0.39 is 6.10 Å². The molecule has 0 aliphatic rings. The topological polar surface area (TPSA) is 56.4 Å². The second kappa shape index (κ2) is 7.79. The van der Waals surface area contributed by atoms with E-state index in [1.54, 1.807) is 9.13 Å². The molecule has 0 saturated heterocycles. The van der Waals surface area contributed by atoms with Crippen molar-refractivity contribution in [2.24, 2.45) is 0 Å². The molecule has 2 aromatic carbocycles. The molecule has 0 fully saturated rings. The number of para-hydroxylation sites is 2. The lowest BCUT2D eigenvalue weighted by atomic mass is 10.1. The molecule has 138 valence electrons. The van der Waals surface area contributed by atoms with Gasteiger partial charge in [-0.3, -0.25) is 9.13 Å². The van der Waals surface area contributed by atoms with Gasteiger partial charge in [0.25, 0.3) is 0 Å². The Morgan fingerprint density at radius 3 is 2.27 bits per heavy atom. The van der Waals surface area contributed by atoms with E-state index in [9.17, 15) is 9.90 Å². The summed E-state index contributed by atoms with van der Waals surface area (Å²) in [5, 5.41) is 10.4. The van der Waals surface area contributed by atoms with Gasteiger partial charge in [-0.25, -0.2) is 4.79 Å². The fraction of sp³-hybridized carbons (Fsp3) is 0.381. The van der Waals surface area contributed by atoms with Crippen molar-refractivity contribution in [2.45, 2.75) is 46.4 Å². The molecule has 0 aliphatic heterocycles. The van der Waals surface area contributed by atoms with E-state index in [1.165, 1.54) is 0 Å². The molecule has 0 bridgehead atoms. The van der Waals surface area contributed by atoms with Gasteiger partial charge < -0.3 is 9.84 Å². The van der Waals surface area contributed by atoms with Gasteiger partial charge in [-0.2, -0.15) is 0 Å². The van der Waals surface area contributed by atoms with Crippen molar-refractivity contribution >= 4 is 11.0 Å².